The maximum absolute atomic E-state index is 11.8. The second-order valence-corrected chi connectivity index (χ2v) is 6.09. The molecule has 18 heavy (non-hydrogen) atoms. The zero-order valence-corrected chi connectivity index (χ0v) is 12.6. The van der Waals surface area contributed by atoms with Gasteiger partial charge in [-0.25, -0.2) is 4.79 Å². The zero-order chi connectivity index (χ0) is 13.0. The molecule has 2 aliphatic carbocycles. The van der Waals surface area contributed by atoms with E-state index in [9.17, 15) is 4.79 Å². The molecule has 0 aromatic carbocycles. The fraction of sp³-hybridized carbons (Fsp3) is 0.667. The highest BCUT2D eigenvalue weighted by atomic mass is 79.9. The summed E-state index contributed by atoms with van der Waals surface area (Å²) >= 11 is 3.68. The quantitative estimate of drug-likeness (QED) is 0.702. The Morgan fingerprint density at radius 2 is 1.89 bits per heavy atom. The first-order valence-electron chi connectivity index (χ1n) is 6.95. The number of rotatable bonds is 2. The summed E-state index contributed by atoms with van der Waals surface area (Å²) in [5.74, 6) is -0.187. The van der Waals surface area contributed by atoms with Crippen LogP contribution in [0.25, 0.3) is 0 Å². The van der Waals surface area contributed by atoms with Crippen molar-refractivity contribution in [3.05, 3.63) is 22.2 Å². The van der Waals surface area contributed by atoms with Crippen molar-refractivity contribution in [3.8, 4) is 0 Å². The maximum Gasteiger partial charge on any atom is 0.337 e. The van der Waals surface area contributed by atoms with Crippen LogP contribution < -0.4 is 0 Å². The third-order valence-electron chi connectivity index (χ3n) is 3.95. The van der Waals surface area contributed by atoms with Crippen LogP contribution in [0.5, 0.6) is 0 Å². The molecule has 0 radical (unpaired) electrons. The molecule has 0 bridgehead atoms. The van der Waals surface area contributed by atoms with E-state index in [1.165, 1.54) is 36.6 Å². The minimum absolute atomic E-state index is 0.0719. The van der Waals surface area contributed by atoms with Gasteiger partial charge < -0.3 is 4.74 Å². The van der Waals surface area contributed by atoms with Gasteiger partial charge in [0.2, 0.25) is 0 Å². The van der Waals surface area contributed by atoms with Gasteiger partial charge in [0, 0.05) is 9.90 Å². The average molecular weight is 313 g/mol. The molecule has 0 amide bonds. The topological polar surface area (TPSA) is 26.3 Å². The lowest BCUT2D eigenvalue weighted by Crippen LogP contribution is -2.18. The molecular formula is C15H21BrO2. The van der Waals surface area contributed by atoms with Crippen LogP contribution >= 0.6 is 15.9 Å². The van der Waals surface area contributed by atoms with Gasteiger partial charge in [0.25, 0.3) is 0 Å². The van der Waals surface area contributed by atoms with Gasteiger partial charge in [-0.1, -0.05) is 54.1 Å². The Hall–Kier alpha value is -0.570. The second-order valence-electron chi connectivity index (χ2n) is 5.24. The van der Waals surface area contributed by atoms with Gasteiger partial charge in [0.15, 0.2) is 0 Å². The van der Waals surface area contributed by atoms with Crippen molar-refractivity contribution in [3.63, 3.8) is 0 Å². The van der Waals surface area contributed by atoms with E-state index < -0.39 is 0 Å². The summed E-state index contributed by atoms with van der Waals surface area (Å²) in [6, 6.07) is 0. The zero-order valence-electron chi connectivity index (χ0n) is 11.0. The van der Waals surface area contributed by atoms with E-state index in [-0.39, 0.29) is 11.4 Å². The van der Waals surface area contributed by atoms with Gasteiger partial charge in [-0.15, -0.1) is 0 Å². The fourth-order valence-corrected chi connectivity index (χ4v) is 3.70. The third-order valence-corrected chi connectivity index (χ3v) is 4.97. The lowest BCUT2D eigenvalue weighted by molar-refractivity contribution is -0.138. The van der Waals surface area contributed by atoms with Crippen LogP contribution in [0.1, 0.15) is 51.9 Å². The Labute approximate surface area is 118 Å². The van der Waals surface area contributed by atoms with E-state index in [2.05, 4.69) is 22.0 Å². The molecule has 0 unspecified atom stereocenters. The van der Waals surface area contributed by atoms with Gasteiger partial charge in [-0.2, -0.15) is 0 Å². The number of hydrogen-bond donors (Lipinski definition) is 0. The van der Waals surface area contributed by atoms with E-state index in [1.54, 1.807) is 0 Å². The summed E-state index contributed by atoms with van der Waals surface area (Å²) in [7, 11) is 0. The Morgan fingerprint density at radius 1 is 1.28 bits per heavy atom. The van der Waals surface area contributed by atoms with Crippen LogP contribution in [0.15, 0.2) is 22.2 Å². The molecule has 0 N–H and O–H groups in total. The summed E-state index contributed by atoms with van der Waals surface area (Å²) in [6.07, 6.45) is 12.9. The molecule has 100 valence electrons. The monoisotopic (exact) mass is 312 g/mol. The molecule has 2 rings (SSSR count). The maximum atomic E-state index is 11.8. The van der Waals surface area contributed by atoms with Crippen LogP contribution in [0.2, 0.25) is 0 Å². The van der Waals surface area contributed by atoms with Crippen molar-refractivity contribution in [2.75, 3.05) is 6.61 Å². The standard InChI is InChI=1S/C15H21BrO2/c1-2-18-14(17)12-10-13(16)15(11-12)8-6-4-3-5-7-9-15/h10-11H,2-9H2,1H3. The minimum Gasteiger partial charge on any atom is -0.462 e. The molecule has 0 aliphatic heterocycles. The van der Waals surface area contributed by atoms with Crippen molar-refractivity contribution in [1.82, 2.24) is 0 Å². The summed E-state index contributed by atoms with van der Waals surface area (Å²) in [4.78, 5) is 11.8. The predicted molar refractivity (Wildman–Crippen MR) is 76.5 cm³/mol. The van der Waals surface area contributed by atoms with Crippen molar-refractivity contribution < 1.29 is 9.53 Å². The number of ether oxygens (including phenoxy) is 1. The van der Waals surface area contributed by atoms with Crippen LogP contribution in [0.4, 0.5) is 0 Å². The smallest absolute Gasteiger partial charge is 0.337 e. The molecule has 1 saturated carbocycles. The van der Waals surface area contributed by atoms with Gasteiger partial charge in [0.1, 0.15) is 0 Å². The Balaban J connectivity index is 2.17. The number of allylic oxidation sites excluding steroid dienone is 2. The molecule has 1 spiro atoms. The van der Waals surface area contributed by atoms with Crippen LogP contribution in [0, 0.1) is 5.41 Å². The molecule has 3 heteroatoms. The molecule has 2 aliphatic rings. The fourth-order valence-electron chi connectivity index (χ4n) is 2.94. The van der Waals surface area contributed by atoms with E-state index in [4.69, 9.17) is 4.74 Å². The molecule has 0 aromatic heterocycles. The molecular weight excluding hydrogens is 292 g/mol. The van der Waals surface area contributed by atoms with E-state index >= 15 is 0 Å². The Morgan fingerprint density at radius 3 is 2.50 bits per heavy atom. The molecule has 0 heterocycles. The normalized spacial score (nSPS) is 23.0. The minimum atomic E-state index is -0.187. The first-order valence-corrected chi connectivity index (χ1v) is 7.75. The van der Waals surface area contributed by atoms with Crippen molar-refractivity contribution >= 4 is 21.9 Å². The van der Waals surface area contributed by atoms with Crippen molar-refractivity contribution in [1.29, 1.82) is 0 Å². The molecule has 0 atom stereocenters. The van der Waals surface area contributed by atoms with Crippen molar-refractivity contribution in [2.24, 2.45) is 5.41 Å². The highest BCUT2D eigenvalue weighted by Gasteiger charge is 2.36. The summed E-state index contributed by atoms with van der Waals surface area (Å²) in [5, 5.41) is 0. The second kappa shape index (κ2) is 6.05. The first-order chi connectivity index (χ1) is 8.68. The number of carbonyl (C=O) groups is 1. The largest absolute Gasteiger partial charge is 0.462 e. The summed E-state index contributed by atoms with van der Waals surface area (Å²) in [5.41, 5.74) is 0.798. The molecule has 0 saturated heterocycles. The van der Waals surface area contributed by atoms with Crippen LogP contribution in [0.3, 0.4) is 0 Å². The highest BCUT2D eigenvalue weighted by molar-refractivity contribution is 9.11. The van der Waals surface area contributed by atoms with Gasteiger partial charge in [0.05, 0.1) is 12.2 Å². The first kappa shape index (κ1) is 13.9. The number of halogens is 1. The van der Waals surface area contributed by atoms with E-state index in [1.807, 2.05) is 13.0 Å². The van der Waals surface area contributed by atoms with Gasteiger partial charge in [-0.3, -0.25) is 0 Å². The lowest BCUT2D eigenvalue weighted by Gasteiger charge is -2.30. The Kier molecular flexibility index (Phi) is 4.66. The lowest BCUT2D eigenvalue weighted by atomic mass is 9.77. The summed E-state index contributed by atoms with van der Waals surface area (Å²) < 4.78 is 6.26. The number of hydrogen-bond acceptors (Lipinski definition) is 2. The third kappa shape index (κ3) is 2.87. The SMILES string of the molecule is CCOC(=O)C1=CC2(CCCCCCC2)C(Br)=C1. The molecule has 0 aromatic rings. The van der Waals surface area contributed by atoms with E-state index in [0.717, 1.165) is 18.4 Å². The number of esters is 1. The highest BCUT2D eigenvalue weighted by Crippen LogP contribution is 2.49. The summed E-state index contributed by atoms with van der Waals surface area (Å²) in [6.45, 7) is 2.28. The number of carbonyl (C=O) groups excluding carboxylic acids is 1. The predicted octanol–water partition coefficient (Wildman–Crippen LogP) is 4.50. The van der Waals surface area contributed by atoms with Crippen LogP contribution in [-0.4, -0.2) is 12.6 Å². The van der Waals surface area contributed by atoms with Crippen molar-refractivity contribution in [2.45, 2.75) is 51.9 Å². The molecule has 1 fully saturated rings. The van der Waals surface area contributed by atoms with Crippen LogP contribution in [-0.2, 0) is 9.53 Å². The molecule has 2 nitrogen and oxygen atoms in total. The average Bonchev–Trinajstić information content (AvgIpc) is 2.63. The Bertz CT molecular complexity index is 374. The van der Waals surface area contributed by atoms with E-state index in [0.29, 0.717) is 6.61 Å². The van der Waals surface area contributed by atoms with Gasteiger partial charge >= 0.3 is 5.97 Å². The van der Waals surface area contributed by atoms with Gasteiger partial charge in [-0.05, 0) is 25.8 Å².